The number of carbonyl (C=O) groups excluding carboxylic acids is 2. The summed E-state index contributed by atoms with van der Waals surface area (Å²) in [5.41, 5.74) is 0.403. The third-order valence-electron chi connectivity index (χ3n) is 3.31. The van der Waals surface area contributed by atoms with E-state index in [2.05, 4.69) is 4.98 Å². The summed E-state index contributed by atoms with van der Waals surface area (Å²) in [5, 5.41) is 0.398. The predicted octanol–water partition coefficient (Wildman–Crippen LogP) is 1.76. The second-order valence-corrected chi connectivity index (χ2v) is 4.85. The van der Waals surface area contributed by atoms with E-state index in [-0.39, 0.29) is 17.8 Å². The van der Waals surface area contributed by atoms with E-state index < -0.39 is 0 Å². The molecule has 0 unspecified atom stereocenters. The number of methoxy groups -OCH3 is 1. The molecule has 0 atom stereocenters. The van der Waals surface area contributed by atoms with Crippen molar-refractivity contribution < 1.29 is 14.3 Å². The normalized spacial score (nSPS) is 16.2. The molecule has 0 spiro atoms. The summed E-state index contributed by atoms with van der Waals surface area (Å²) in [7, 11) is 1.38. The standard InChI is InChI=1S/C13H15ClN2O3/c1-19-13(18)9-3-6-16(7-4-9)12(17)10-8-15-5-2-11(10)14/h2,5,8-9H,3-4,6-7H2,1H3. The molecule has 0 saturated carbocycles. The average Bonchev–Trinajstić information content (AvgIpc) is 2.46. The fourth-order valence-corrected chi connectivity index (χ4v) is 2.38. The van der Waals surface area contributed by atoms with Gasteiger partial charge in [-0.05, 0) is 18.9 Å². The van der Waals surface area contributed by atoms with E-state index in [0.29, 0.717) is 36.5 Å². The number of piperidine rings is 1. The van der Waals surface area contributed by atoms with E-state index in [1.165, 1.54) is 13.3 Å². The smallest absolute Gasteiger partial charge is 0.308 e. The molecule has 0 radical (unpaired) electrons. The van der Waals surface area contributed by atoms with E-state index in [1.807, 2.05) is 0 Å². The summed E-state index contributed by atoms with van der Waals surface area (Å²) in [4.78, 5) is 29.3. The number of ether oxygens (including phenoxy) is 1. The zero-order valence-electron chi connectivity index (χ0n) is 10.6. The third-order valence-corrected chi connectivity index (χ3v) is 3.64. The van der Waals surface area contributed by atoms with Crippen LogP contribution in [0, 0.1) is 5.92 Å². The van der Waals surface area contributed by atoms with Crippen LogP contribution in [0.1, 0.15) is 23.2 Å². The van der Waals surface area contributed by atoms with Gasteiger partial charge >= 0.3 is 5.97 Å². The first-order chi connectivity index (χ1) is 9.13. The summed E-state index contributed by atoms with van der Waals surface area (Å²) in [5.74, 6) is -0.452. The van der Waals surface area contributed by atoms with Crippen LogP contribution in [0.3, 0.4) is 0 Å². The molecule has 1 aromatic rings. The molecule has 0 aromatic carbocycles. The molecule has 0 bridgehead atoms. The quantitative estimate of drug-likeness (QED) is 0.776. The van der Waals surface area contributed by atoms with Crippen molar-refractivity contribution in [1.82, 2.24) is 9.88 Å². The molecule has 1 fully saturated rings. The van der Waals surface area contributed by atoms with Gasteiger partial charge in [-0.25, -0.2) is 0 Å². The Morgan fingerprint density at radius 3 is 2.68 bits per heavy atom. The van der Waals surface area contributed by atoms with Crippen LogP contribution >= 0.6 is 11.6 Å². The fraction of sp³-hybridized carbons (Fsp3) is 0.462. The van der Waals surface area contributed by atoms with Crippen LogP contribution in [0.2, 0.25) is 5.02 Å². The van der Waals surface area contributed by atoms with Gasteiger partial charge in [0.05, 0.1) is 23.6 Å². The van der Waals surface area contributed by atoms with Crippen molar-refractivity contribution in [3.8, 4) is 0 Å². The monoisotopic (exact) mass is 282 g/mol. The summed E-state index contributed by atoms with van der Waals surface area (Å²) in [6.07, 6.45) is 4.26. The van der Waals surface area contributed by atoms with Gasteiger partial charge in [-0.1, -0.05) is 11.6 Å². The number of likely N-dealkylation sites (tertiary alicyclic amines) is 1. The van der Waals surface area contributed by atoms with Crippen LogP contribution in [-0.2, 0) is 9.53 Å². The average molecular weight is 283 g/mol. The predicted molar refractivity (Wildman–Crippen MR) is 69.9 cm³/mol. The first-order valence-corrected chi connectivity index (χ1v) is 6.48. The molecule has 1 amide bonds. The summed E-state index contributed by atoms with van der Waals surface area (Å²) in [6, 6.07) is 1.59. The van der Waals surface area contributed by atoms with Crippen molar-refractivity contribution in [2.24, 2.45) is 5.92 Å². The van der Waals surface area contributed by atoms with Gasteiger partial charge in [-0.15, -0.1) is 0 Å². The van der Waals surface area contributed by atoms with Crippen molar-refractivity contribution in [1.29, 1.82) is 0 Å². The third kappa shape index (κ3) is 3.04. The van der Waals surface area contributed by atoms with E-state index in [1.54, 1.807) is 17.2 Å². The molecule has 6 heteroatoms. The minimum atomic E-state index is -0.202. The maximum atomic E-state index is 12.3. The lowest BCUT2D eigenvalue weighted by Crippen LogP contribution is -2.40. The highest BCUT2D eigenvalue weighted by atomic mass is 35.5. The molecule has 2 heterocycles. The molecular weight excluding hydrogens is 268 g/mol. The lowest BCUT2D eigenvalue weighted by atomic mass is 9.96. The van der Waals surface area contributed by atoms with Crippen LogP contribution in [0.4, 0.5) is 0 Å². The number of hydrogen-bond donors (Lipinski definition) is 0. The number of amides is 1. The summed E-state index contributed by atoms with van der Waals surface area (Å²) >= 11 is 5.98. The molecule has 1 aliphatic rings. The minimum Gasteiger partial charge on any atom is -0.469 e. The van der Waals surface area contributed by atoms with Crippen LogP contribution in [-0.4, -0.2) is 42.0 Å². The Labute approximate surface area is 116 Å². The van der Waals surface area contributed by atoms with Gasteiger partial charge in [0.2, 0.25) is 0 Å². The van der Waals surface area contributed by atoms with E-state index in [9.17, 15) is 9.59 Å². The number of hydrogen-bond acceptors (Lipinski definition) is 4. The highest BCUT2D eigenvalue weighted by Crippen LogP contribution is 2.22. The number of pyridine rings is 1. The van der Waals surface area contributed by atoms with Gasteiger partial charge in [0.15, 0.2) is 0 Å². The SMILES string of the molecule is COC(=O)C1CCN(C(=O)c2cnccc2Cl)CC1. The fourth-order valence-electron chi connectivity index (χ4n) is 2.19. The van der Waals surface area contributed by atoms with Crippen LogP contribution < -0.4 is 0 Å². The molecule has 1 aliphatic heterocycles. The van der Waals surface area contributed by atoms with Gasteiger partial charge in [-0.2, -0.15) is 0 Å². The zero-order valence-corrected chi connectivity index (χ0v) is 11.4. The Balaban J connectivity index is 2.00. The second kappa shape index (κ2) is 6.02. The number of rotatable bonds is 2. The van der Waals surface area contributed by atoms with Crippen molar-refractivity contribution in [3.63, 3.8) is 0 Å². The second-order valence-electron chi connectivity index (χ2n) is 4.45. The van der Waals surface area contributed by atoms with Gasteiger partial charge < -0.3 is 9.64 Å². The van der Waals surface area contributed by atoms with Crippen LogP contribution in [0.25, 0.3) is 0 Å². The molecule has 5 nitrogen and oxygen atoms in total. The Morgan fingerprint density at radius 1 is 1.42 bits per heavy atom. The van der Waals surface area contributed by atoms with Gasteiger partial charge in [0.25, 0.3) is 5.91 Å². The van der Waals surface area contributed by atoms with Crippen molar-refractivity contribution in [3.05, 3.63) is 29.0 Å². The highest BCUT2D eigenvalue weighted by Gasteiger charge is 2.28. The largest absolute Gasteiger partial charge is 0.469 e. The van der Waals surface area contributed by atoms with E-state index >= 15 is 0 Å². The van der Waals surface area contributed by atoms with Crippen molar-refractivity contribution >= 4 is 23.5 Å². The Kier molecular flexibility index (Phi) is 4.37. The Morgan fingerprint density at radius 2 is 2.11 bits per heavy atom. The Bertz CT molecular complexity index is 485. The molecule has 102 valence electrons. The topological polar surface area (TPSA) is 59.5 Å². The van der Waals surface area contributed by atoms with Crippen molar-refractivity contribution in [2.45, 2.75) is 12.8 Å². The summed E-state index contributed by atoms with van der Waals surface area (Å²) in [6.45, 7) is 1.06. The lowest BCUT2D eigenvalue weighted by molar-refractivity contribution is -0.146. The lowest BCUT2D eigenvalue weighted by Gasteiger charge is -2.30. The van der Waals surface area contributed by atoms with Gasteiger partial charge in [-0.3, -0.25) is 14.6 Å². The Hall–Kier alpha value is -1.62. The first-order valence-electron chi connectivity index (χ1n) is 6.10. The van der Waals surface area contributed by atoms with Crippen LogP contribution in [0.5, 0.6) is 0 Å². The number of carbonyl (C=O) groups is 2. The van der Waals surface area contributed by atoms with Gasteiger partial charge in [0.1, 0.15) is 0 Å². The number of esters is 1. The molecule has 0 aliphatic carbocycles. The van der Waals surface area contributed by atoms with Crippen LogP contribution in [0.15, 0.2) is 18.5 Å². The van der Waals surface area contributed by atoms with E-state index in [0.717, 1.165) is 0 Å². The van der Waals surface area contributed by atoms with Crippen molar-refractivity contribution in [2.75, 3.05) is 20.2 Å². The molecule has 19 heavy (non-hydrogen) atoms. The molecule has 1 aromatic heterocycles. The number of halogens is 1. The first kappa shape index (κ1) is 13.8. The highest BCUT2D eigenvalue weighted by molar-refractivity contribution is 6.33. The number of aromatic nitrogens is 1. The maximum Gasteiger partial charge on any atom is 0.308 e. The zero-order chi connectivity index (χ0) is 13.8. The number of nitrogens with zero attached hydrogens (tertiary/aromatic N) is 2. The minimum absolute atomic E-state index is 0.113. The molecule has 0 N–H and O–H groups in total. The van der Waals surface area contributed by atoms with Gasteiger partial charge in [0, 0.05) is 25.5 Å². The maximum absolute atomic E-state index is 12.3. The summed E-state index contributed by atoms with van der Waals surface area (Å²) < 4.78 is 4.72. The molecule has 1 saturated heterocycles. The molecule has 2 rings (SSSR count). The van der Waals surface area contributed by atoms with E-state index in [4.69, 9.17) is 16.3 Å². The molecular formula is C13H15ClN2O3.